The van der Waals surface area contributed by atoms with E-state index in [1.165, 1.54) is 6.92 Å². The molecule has 0 aromatic carbocycles. The van der Waals surface area contributed by atoms with Crippen molar-refractivity contribution in [3.63, 3.8) is 0 Å². The van der Waals surface area contributed by atoms with Gasteiger partial charge >= 0.3 is 6.03 Å². The molecule has 0 saturated carbocycles. The van der Waals surface area contributed by atoms with Gasteiger partial charge in [-0.05, 0) is 0 Å². The van der Waals surface area contributed by atoms with Crippen LogP contribution >= 0.6 is 0 Å². The summed E-state index contributed by atoms with van der Waals surface area (Å²) >= 11 is 0. The van der Waals surface area contributed by atoms with Crippen LogP contribution in [-0.2, 0) is 29.0 Å². The van der Waals surface area contributed by atoms with Crippen molar-refractivity contribution in [2.24, 2.45) is 0 Å². The lowest BCUT2D eigenvalue weighted by Gasteiger charge is -2.26. The number of carbonyl (C=O) groups is 3. The molecule has 3 N–H and O–H groups in total. The van der Waals surface area contributed by atoms with Crippen molar-refractivity contribution >= 4 is 17.8 Å². The zero-order valence-electron chi connectivity index (χ0n) is 15.4. The standard InChI is InChI=1S/C16H26N6O4/c1-11(23)21-7-4-13-12(10-21)14(15(24)17-2)20-22(13)8-5-18-16(25)19-6-9-26-3/h4-10H2,1-3H3,(H,17,24)(H2,18,19,25). The topological polar surface area (TPSA) is 118 Å². The van der Waals surface area contributed by atoms with E-state index in [0.29, 0.717) is 51.4 Å². The molecule has 1 aliphatic rings. The monoisotopic (exact) mass is 366 g/mol. The van der Waals surface area contributed by atoms with Gasteiger partial charge in [-0.15, -0.1) is 0 Å². The molecule has 0 atom stereocenters. The van der Waals surface area contributed by atoms with Crippen molar-refractivity contribution in [1.29, 1.82) is 0 Å². The van der Waals surface area contributed by atoms with E-state index in [2.05, 4.69) is 21.0 Å². The van der Waals surface area contributed by atoms with Crippen LogP contribution in [0.25, 0.3) is 0 Å². The van der Waals surface area contributed by atoms with Crippen molar-refractivity contribution in [3.05, 3.63) is 17.0 Å². The number of urea groups is 1. The van der Waals surface area contributed by atoms with Crippen LogP contribution in [0.15, 0.2) is 0 Å². The highest BCUT2D eigenvalue weighted by atomic mass is 16.5. The molecule has 26 heavy (non-hydrogen) atoms. The van der Waals surface area contributed by atoms with Crippen molar-refractivity contribution in [1.82, 2.24) is 30.6 Å². The maximum atomic E-state index is 12.1. The largest absolute Gasteiger partial charge is 0.383 e. The molecule has 0 radical (unpaired) electrons. The third-order valence-corrected chi connectivity index (χ3v) is 4.22. The van der Waals surface area contributed by atoms with Gasteiger partial charge in [-0.2, -0.15) is 5.10 Å². The molecule has 0 aliphatic carbocycles. The Morgan fingerprint density at radius 3 is 2.62 bits per heavy atom. The first-order valence-corrected chi connectivity index (χ1v) is 8.54. The molecule has 1 aromatic rings. The number of carbonyl (C=O) groups excluding carboxylic acids is 3. The Labute approximate surface area is 152 Å². The average molecular weight is 366 g/mol. The highest BCUT2D eigenvalue weighted by Crippen LogP contribution is 2.22. The summed E-state index contributed by atoms with van der Waals surface area (Å²) in [6.45, 7) is 4.17. The summed E-state index contributed by atoms with van der Waals surface area (Å²) in [5, 5.41) is 12.4. The summed E-state index contributed by atoms with van der Waals surface area (Å²) in [6.07, 6.45) is 0.624. The lowest BCUT2D eigenvalue weighted by Crippen LogP contribution is -2.39. The minimum atomic E-state index is -0.282. The highest BCUT2D eigenvalue weighted by molar-refractivity contribution is 5.94. The van der Waals surface area contributed by atoms with Crippen LogP contribution in [0.4, 0.5) is 4.79 Å². The van der Waals surface area contributed by atoms with Crippen LogP contribution in [0.1, 0.15) is 28.7 Å². The molecule has 0 spiro atoms. The van der Waals surface area contributed by atoms with Gasteiger partial charge < -0.3 is 25.6 Å². The number of nitrogens with one attached hydrogen (secondary N) is 3. The second-order valence-corrected chi connectivity index (χ2v) is 5.94. The van der Waals surface area contributed by atoms with Gasteiger partial charge in [-0.25, -0.2) is 4.79 Å². The summed E-state index contributed by atoms with van der Waals surface area (Å²) in [6, 6.07) is -0.280. The van der Waals surface area contributed by atoms with Gasteiger partial charge in [-0.1, -0.05) is 0 Å². The molecule has 0 bridgehead atoms. The summed E-state index contributed by atoms with van der Waals surface area (Å²) < 4.78 is 6.61. The number of hydrogen-bond acceptors (Lipinski definition) is 5. The Balaban J connectivity index is 2.04. The number of nitrogens with zero attached hydrogens (tertiary/aromatic N) is 3. The summed E-state index contributed by atoms with van der Waals surface area (Å²) in [5.41, 5.74) is 2.04. The molecular weight excluding hydrogens is 340 g/mol. The van der Waals surface area contributed by atoms with E-state index in [9.17, 15) is 14.4 Å². The molecule has 0 fully saturated rings. The van der Waals surface area contributed by atoms with Gasteiger partial charge in [0.2, 0.25) is 5.91 Å². The van der Waals surface area contributed by atoms with Gasteiger partial charge in [0.1, 0.15) is 0 Å². The minimum Gasteiger partial charge on any atom is -0.383 e. The van der Waals surface area contributed by atoms with E-state index in [1.54, 1.807) is 23.7 Å². The van der Waals surface area contributed by atoms with E-state index in [-0.39, 0.29) is 17.8 Å². The molecule has 2 heterocycles. The maximum absolute atomic E-state index is 12.1. The SMILES string of the molecule is CNC(=O)c1nn(CCNC(=O)NCCOC)c2c1CN(C(C)=O)CC2. The van der Waals surface area contributed by atoms with E-state index < -0.39 is 0 Å². The fraction of sp³-hybridized carbons (Fsp3) is 0.625. The van der Waals surface area contributed by atoms with E-state index >= 15 is 0 Å². The molecule has 2 rings (SSSR count). The first kappa shape index (κ1) is 19.7. The third-order valence-electron chi connectivity index (χ3n) is 4.22. The van der Waals surface area contributed by atoms with Crippen LogP contribution in [0.5, 0.6) is 0 Å². The van der Waals surface area contributed by atoms with Crippen LogP contribution in [-0.4, -0.2) is 72.9 Å². The van der Waals surface area contributed by atoms with E-state index in [4.69, 9.17) is 4.74 Å². The number of hydrogen-bond donors (Lipinski definition) is 3. The Hall–Kier alpha value is -2.62. The molecule has 10 heteroatoms. The summed E-state index contributed by atoms with van der Waals surface area (Å²) in [7, 11) is 3.11. The van der Waals surface area contributed by atoms with Gasteiger partial charge in [0, 0.05) is 64.9 Å². The molecular formula is C16H26N6O4. The molecule has 10 nitrogen and oxygen atoms in total. The number of methoxy groups -OCH3 is 1. The van der Waals surface area contributed by atoms with Gasteiger partial charge in [0.25, 0.3) is 5.91 Å². The number of fused-ring (bicyclic) bond motifs is 1. The lowest BCUT2D eigenvalue weighted by molar-refractivity contribution is -0.129. The van der Waals surface area contributed by atoms with Crippen LogP contribution in [0, 0.1) is 0 Å². The normalized spacial score (nSPS) is 13.1. The summed E-state index contributed by atoms with van der Waals surface area (Å²) in [5.74, 6) is -0.309. The molecule has 0 saturated heterocycles. The second-order valence-electron chi connectivity index (χ2n) is 5.94. The average Bonchev–Trinajstić information content (AvgIpc) is 2.99. The van der Waals surface area contributed by atoms with E-state index in [1.807, 2.05) is 0 Å². The Morgan fingerprint density at radius 2 is 1.96 bits per heavy atom. The van der Waals surface area contributed by atoms with Crippen molar-refractivity contribution in [3.8, 4) is 0 Å². The second kappa shape index (κ2) is 9.18. The first-order valence-electron chi connectivity index (χ1n) is 8.54. The predicted molar refractivity (Wildman–Crippen MR) is 93.7 cm³/mol. The number of rotatable bonds is 7. The fourth-order valence-corrected chi connectivity index (χ4v) is 2.85. The number of aromatic nitrogens is 2. The minimum absolute atomic E-state index is 0.0272. The molecule has 0 unspecified atom stereocenters. The van der Waals surface area contributed by atoms with Crippen LogP contribution < -0.4 is 16.0 Å². The Kier molecular flexibility index (Phi) is 6.96. The third kappa shape index (κ3) is 4.72. The van der Waals surface area contributed by atoms with Gasteiger partial charge in [0.05, 0.1) is 13.2 Å². The van der Waals surface area contributed by atoms with Crippen molar-refractivity contribution < 1.29 is 19.1 Å². The van der Waals surface area contributed by atoms with Crippen LogP contribution in [0.3, 0.4) is 0 Å². The molecule has 1 aromatic heterocycles. The summed E-state index contributed by atoms with van der Waals surface area (Å²) in [4.78, 5) is 37.1. The van der Waals surface area contributed by atoms with E-state index in [0.717, 1.165) is 11.3 Å². The zero-order valence-corrected chi connectivity index (χ0v) is 15.4. The quantitative estimate of drug-likeness (QED) is 0.540. The zero-order chi connectivity index (χ0) is 19.1. The van der Waals surface area contributed by atoms with Crippen molar-refractivity contribution in [2.75, 3.05) is 40.4 Å². The number of ether oxygens (including phenoxy) is 1. The lowest BCUT2D eigenvalue weighted by atomic mass is 10.0. The first-order chi connectivity index (χ1) is 12.5. The maximum Gasteiger partial charge on any atom is 0.314 e. The molecule has 1 aliphatic heterocycles. The predicted octanol–water partition coefficient (Wildman–Crippen LogP) is -0.907. The molecule has 144 valence electrons. The van der Waals surface area contributed by atoms with Gasteiger partial charge in [0.15, 0.2) is 5.69 Å². The smallest absolute Gasteiger partial charge is 0.314 e. The molecule has 4 amide bonds. The Bertz CT molecular complexity index is 672. The van der Waals surface area contributed by atoms with Crippen molar-refractivity contribution in [2.45, 2.75) is 26.4 Å². The number of amides is 4. The fourth-order valence-electron chi connectivity index (χ4n) is 2.85. The van der Waals surface area contributed by atoms with Crippen LogP contribution in [0.2, 0.25) is 0 Å². The van der Waals surface area contributed by atoms with Gasteiger partial charge in [-0.3, -0.25) is 14.3 Å². The Morgan fingerprint density at radius 1 is 1.23 bits per heavy atom. The highest BCUT2D eigenvalue weighted by Gasteiger charge is 2.28.